The molecule has 1 rings (SSSR count). The summed E-state index contributed by atoms with van der Waals surface area (Å²) in [5.41, 5.74) is 0.953. The van der Waals surface area contributed by atoms with Crippen LogP contribution in [0.25, 0.3) is 0 Å². The van der Waals surface area contributed by atoms with Crippen molar-refractivity contribution in [2.24, 2.45) is 0 Å². The minimum absolute atomic E-state index is 0.134. The molecule has 2 N–H and O–H groups in total. The van der Waals surface area contributed by atoms with Crippen molar-refractivity contribution in [3.05, 3.63) is 29.3 Å². The first-order valence-corrected chi connectivity index (χ1v) is 6.56. The second-order valence-electron chi connectivity index (χ2n) is 5.55. The Morgan fingerprint density at radius 1 is 1.24 bits per heavy atom. The van der Waals surface area contributed by atoms with E-state index in [1.807, 2.05) is 0 Å². The van der Waals surface area contributed by atoms with E-state index in [1.54, 1.807) is 33.9 Å². The molecule has 0 spiro atoms. The first-order chi connectivity index (χ1) is 9.71. The van der Waals surface area contributed by atoms with Crippen LogP contribution in [0.2, 0.25) is 0 Å². The van der Waals surface area contributed by atoms with Gasteiger partial charge in [0, 0.05) is 12.7 Å². The van der Waals surface area contributed by atoms with Crippen LogP contribution in [0.5, 0.6) is 0 Å². The number of carbonyl (C=O) groups excluding carboxylic acids is 1. The summed E-state index contributed by atoms with van der Waals surface area (Å²) in [6.07, 6.45) is 0. The monoisotopic (exact) mass is 295 g/mol. The van der Waals surface area contributed by atoms with Crippen LogP contribution in [0.4, 0.5) is 5.69 Å². The van der Waals surface area contributed by atoms with Crippen molar-refractivity contribution in [1.82, 2.24) is 0 Å². The summed E-state index contributed by atoms with van der Waals surface area (Å²) < 4.78 is 10.4. The van der Waals surface area contributed by atoms with Gasteiger partial charge in [0.05, 0.1) is 12.2 Å². The van der Waals surface area contributed by atoms with Gasteiger partial charge in [0.1, 0.15) is 12.2 Å². The van der Waals surface area contributed by atoms with E-state index in [9.17, 15) is 9.59 Å². The van der Waals surface area contributed by atoms with Crippen LogP contribution >= 0.6 is 0 Å². The predicted molar refractivity (Wildman–Crippen MR) is 78.4 cm³/mol. The molecule has 6 heteroatoms. The standard InChI is InChI=1S/C15H21NO5/c1-15(2,3)21-13(17)9-20-8-10-5-11(14(18)19)7-12(6-10)16-4/h5-7,16H,8-9H2,1-4H3,(H,18,19). The average molecular weight is 295 g/mol. The van der Waals surface area contributed by atoms with E-state index in [1.165, 1.54) is 12.1 Å². The van der Waals surface area contributed by atoms with E-state index in [0.29, 0.717) is 11.3 Å². The molecule has 0 bridgehead atoms. The van der Waals surface area contributed by atoms with Crippen molar-refractivity contribution in [3.63, 3.8) is 0 Å². The zero-order valence-electron chi connectivity index (χ0n) is 12.7. The molecule has 0 heterocycles. The van der Waals surface area contributed by atoms with E-state index >= 15 is 0 Å². The third-order valence-electron chi connectivity index (χ3n) is 2.44. The maximum Gasteiger partial charge on any atom is 0.335 e. The van der Waals surface area contributed by atoms with Gasteiger partial charge in [-0.05, 0) is 44.5 Å². The van der Waals surface area contributed by atoms with Crippen LogP contribution < -0.4 is 5.32 Å². The molecule has 0 aliphatic carbocycles. The Kier molecular flexibility index (Phi) is 5.72. The summed E-state index contributed by atoms with van der Waals surface area (Å²) in [6.45, 7) is 5.29. The van der Waals surface area contributed by atoms with Gasteiger partial charge in [-0.2, -0.15) is 0 Å². The number of benzene rings is 1. The summed E-state index contributed by atoms with van der Waals surface area (Å²) in [4.78, 5) is 22.5. The highest BCUT2D eigenvalue weighted by Gasteiger charge is 2.16. The molecule has 0 saturated heterocycles. The maximum absolute atomic E-state index is 11.5. The zero-order valence-corrected chi connectivity index (χ0v) is 12.7. The Bertz CT molecular complexity index is 519. The molecular weight excluding hydrogens is 274 g/mol. The van der Waals surface area contributed by atoms with Gasteiger partial charge in [-0.3, -0.25) is 0 Å². The highest BCUT2D eigenvalue weighted by Crippen LogP contribution is 2.16. The Morgan fingerprint density at radius 2 is 1.90 bits per heavy atom. The number of anilines is 1. The van der Waals surface area contributed by atoms with E-state index < -0.39 is 17.5 Å². The highest BCUT2D eigenvalue weighted by atomic mass is 16.6. The number of rotatable bonds is 6. The molecule has 0 amide bonds. The minimum atomic E-state index is -1.01. The summed E-state index contributed by atoms with van der Waals surface area (Å²) >= 11 is 0. The highest BCUT2D eigenvalue weighted by molar-refractivity contribution is 5.89. The number of carbonyl (C=O) groups is 2. The number of carboxylic acid groups (broad SMARTS) is 1. The number of hydrogen-bond donors (Lipinski definition) is 2. The van der Waals surface area contributed by atoms with E-state index in [4.69, 9.17) is 14.6 Å². The van der Waals surface area contributed by atoms with Gasteiger partial charge in [0.25, 0.3) is 0 Å². The van der Waals surface area contributed by atoms with Crippen molar-refractivity contribution < 1.29 is 24.2 Å². The van der Waals surface area contributed by atoms with Gasteiger partial charge in [0.15, 0.2) is 0 Å². The van der Waals surface area contributed by atoms with Gasteiger partial charge in [-0.1, -0.05) is 0 Å². The van der Waals surface area contributed by atoms with Crippen LogP contribution in [0.1, 0.15) is 36.7 Å². The number of hydrogen-bond acceptors (Lipinski definition) is 5. The lowest BCUT2D eigenvalue weighted by Gasteiger charge is -2.19. The zero-order chi connectivity index (χ0) is 16.0. The van der Waals surface area contributed by atoms with Crippen molar-refractivity contribution >= 4 is 17.6 Å². The summed E-state index contributed by atoms with van der Waals surface area (Å²) in [5, 5.41) is 11.9. The molecule has 0 fully saturated rings. The molecule has 116 valence electrons. The number of esters is 1. The van der Waals surface area contributed by atoms with E-state index in [-0.39, 0.29) is 18.8 Å². The van der Waals surface area contributed by atoms with Crippen LogP contribution in [-0.4, -0.2) is 36.3 Å². The Balaban J connectivity index is 2.61. The van der Waals surface area contributed by atoms with Gasteiger partial charge in [0.2, 0.25) is 0 Å². The van der Waals surface area contributed by atoms with Crippen LogP contribution in [0.3, 0.4) is 0 Å². The summed E-state index contributed by atoms with van der Waals surface area (Å²) in [5.74, 6) is -1.47. The molecule has 0 radical (unpaired) electrons. The third-order valence-corrected chi connectivity index (χ3v) is 2.44. The van der Waals surface area contributed by atoms with Crippen molar-refractivity contribution in [3.8, 4) is 0 Å². The molecule has 0 aromatic heterocycles. The molecule has 0 aliphatic heterocycles. The maximum atomic E-state index is 11.5. The molecule has 0 atom stereocenters. The number of aromatic carboxylic acids is 1. The minimum Gasteiger partial charge on any atom is -0.478 e. The van der Waals surface area contributed by atoms with Gasteiger partial charge in [-0.15, -0.1) is 0 Å². The molecule has 1 aromatic rings. The van der Waals surface area contributed by atoms with Gasteiger partial charge >= 0.3 is 11.9 Å². The lowest BCUT2D eigenvalue weighted by atomic mass is 10.1. The number of carboxylic acids is 1. The van der Waals surface area contributed by atoms with Crippen molar-refractivity contribution in [2.75, 3.05) is 19.0 Å². The van der Waals surface area contributed by atoms with Gasteiger partial charge in [-0.25, -0.2) is 9.59 Å². The quantitative estimate of drug-likeness (QED) is 0.783. The Labute approximate surface area is 124 Å². The molecule has 0 unspecified atom stereocenters. The average Bonchev–Trinajstić information content (AvgIpc) is 2.36. The lowest BCUT2D eigenvalue weighted by molar-refractivity contribution is -0.160. The molecular formula is C15H21NO5. The fraction of sp³-hybridized carbons (Fsp3) is 0.467. The molecule has 6 nitrogen and oxygen atoms in total. The first-order valence-electron chi connectivity index (χ1n) is 6.56. The lowest BCUT2D eigenvalue weighted by Crippen LogP contribution is -2.26. The largest absolute Gasteiger partial charge is 0.478 e. The molecule has 1 aromatic carbocycles. The number of nitrogens with one attached hydrogen (secondary N) is 1. The number of ether oxygens (including phenoxy) is 2. The fourth-order valence-electron chi connectivity index (χ4n) is 1.67. The van der Waals surface area contributed by atoms with Crippen LogP contribution in [-0.2, 0) is 20.9 Å². The normalized spacial score (nSPS) is 11.0. The summed E-state index contributed by atoms with van der Waals surface area (Å²) in [7, 11) is 1.70. The summed E-state index contributed by atoms with van der Waals surface area (Å²) in [6, 6.07) is 4.81. The Morgan fingerprint density at radius 3 is 2.43 bits per heavy atom. The fourth-order valence-corrected chi connectivity index (χ4v) is 1.67. The van der Waals surface area contributed by atoms with Crippen molar-refractivity contribution in [2.45, 2.75) is 33.0 Å². The Hall–Kier alpha value is -2.08. The van der Waals surface area contributed by atoms with E-state index in [0.717, 1.165) is 0 Å². The predicted octanol–water partition coefficient (Wildman–Crippen LogP) is 2.28. The first kappa shape index (κ1) is 17.0. The second-order valence-corrected chi connectivity index (χ2v) is 5.55. The second kappa shape index (κ2) is 7.08. The van der Waals surface area contributed by atoms with Crippen LogP contribution in [0.15, 0.2) is 18.2 Å². The molecule has 0 aliphatic rings. The van der Waals surface area contributed by atoms with E-state index in [2.05, 4.69) is 5.32 Å². The SMILES string of the molecule is CNc1cc(COCC(=O)OC(C)(C)C)cc(C(=O)O)c1. The topological polar surface area (TPSA) is 84.9 Å². The van der Waals surface area contributed by atoms with Crippen LogP contribution in [0, 0.1) is 0 Å². The molecule has 0 saturated carbocycles. The van der Waals surface area contributed by atoms with Crippen molar-refractivity contribution in [1.29, 1.82) is 0 Å². The third kappa shape index (κ3) is 6.27. The smallest absolute Gasteiger partial charge is 0.335 e. The van der Waals surface area contributed by atoms with Gasteiger partial charge < -0.3 is 19.9 Å². The molecule has 21 heavy (non-hydrogen) atoms.